The van der Waals surface area contributed by atoms with Crippen molar-refractivity contribution in [3.63, 3.8) is 0 Å². The number of aliphatic hydroxyl groups excluding tert-OH is 1. The lowest BCUT2D eigenvalue weighted by Gasteiger charge is -2.32. The van der Waals surface area contributed by atoms with Gasteiger partial charge < -0.3 is 15.0 Å². The van der Waals surface area contributed by atoms with Crippen LogP contribution in [-0.4, -0.2) is 45.0 Å². The fourth-order valence-electron chi connectivity index (χ4n) is 3.99. The lowest BCUT2D eigenvalue weighted by atomic mass is 9.97. The summed E-state index contributed by atoms with van der Waals surface area (Å²) < 4.78 is 0. The average Bonchev–Trinajstić information content (AvgIpc) is 3.30. The Morgan fingerprint density at radius 1 is 1.11 bits per heavy atom. The van der Waals surface area contributed by atoms with Crippen molar-refractivity contribution in [3.05, 3.63) is 42.0 Å². The van der Waals surface area contributed by atoms with E-state index in [0.29, 0.717) is 12.5 Å². The number of fused-ring (bicyclic) bond motifs is 2. The van der Waals surface area contributed by atoms with Crippen LogP contribution in [0.25, 0.3) is 33.5 Å². The molecule has 1 saturated heterocycles. The number of nitrogens with one attached hydrogen (secondary N) is 2. The molecule has 0 aliphatic carbocycles. The second-order valence-electron chi connectivity index (χ2n) is 7.52. The van der Waals surface area contributed by atoms with Crippen molar-refractivity contribution in [3.8, 4) is 11.5 Å². The maximum Gasteiger partial charge on any atom is 0.159 e. The molecule has 3 heterocycles. The summed E-state index contributed by atoms with van der Waals surface area (Å²) in [5.74, 6) is 1.23. The Morgan fingerprint density at radius 2 is 1.96 bits per heavy atom. The van der Waals surface area contributed by atoms with Crippen LogP contribution in [0.5, 0.6) is 0 Å². The third-order valence-corrected chi connectivity index (χ3v) is 5.65. The van der Waals surface area contributed by atoms with Crippen molar-refractivity contribution < 1.29 is 5.11 Å². The van der Waals surface area contributed by atoms with Crippen LogP contribution in [0.2, 0.25) is 0 Å². The molecule has 1 aliphatic heterocycles. The van der Waals surface area contributed by atoms with Gasteiger partial charge in [-0.25, -0.2) is 4.98 Å². The van der Waals surface area contributed by atoms with E-state index < -0.39 is 0 Å². The predicted octanol–water partition coefficient (Wildman–Crippen LogP) is 3.62. The first-order valence-electron chi connectivity index (χ1n) is 9.52. The molecule has 0 atom stereocenters. The highest BCUT2D eigenvalue weighted by atomic mass is 16.3. The fraction of sp³-hybridized carbons (Fsp3) is 0.333. The third-order valence-electron chi connectivity index (χ3n) is 5.65. The zero-order valence-corrected chi connectivity index (χ0v) is 15.4. The summed E-state index contributed by atoms with van der Waals surface area (Å²) in [5, 5.41) is 18.0. The molecule has 6 heteroatoms. The first-order chi connectivity index (χ1) is 13.2. The van der Waals surface area contributed by atoms with E-state index in [-0.39, 0.29) is 0 Å². The highest BCUT2D eigenvalue weighted by Gasteiger charge is 2.19. The Bertz CT molecular complexity index is 1100. The van der Waals surface area contributed by atoms with Crippen LogP contribution in [0.1, 0.15) is 18.4 Å². The quantitative estimate of drug-likeness (QED) is 0.521. The van der Waals surface area contributed by atoms with Gasteiger partial charge in [0.05, 0.1) is 16.6 Å². The maximum atomic E-state index is 9.33. The highest BCUT2D eigenvalue weighted by Crippen LogP contribution is 2.29. The fourth-order valence-corrected chi connectivity index (χ4v) is 3.99. The van der Waals surface area contributed by atoms with Gasteiger partial charge in [-0.1, -0.05) is 11.6 Å². The monoisotopic (exact) mass is 361 g/mol. The molecule has 0 amide bonds. The van der Waals surface area contributed by atoms with Crippen molar-refractivity contribution in [2.24, 2.45) is 5.92 Å². The van der Waals surface area contributed by atoms with Gasteiger partial charge in [-0.3, -0.25) is 5.10 Å². The summed E-state index contributed by atoms with van der Waals surface area (Å²) in [6.45, 7) is 4.36. The smallest absolute Gasteiger partial charge is 0.159 e. The Kier molecular flexibility index (Phi) is 3.86. The third kappa shape index (κ3) is 2.86. The van der Waals surface area contributed by atoms with E-state index in [0.717, 1.165) is 59.4 Å². The summed E-state index contributed by atoms with van der Waals surface area (Å²) >= 11 is 0. The summed E-state index contributed by atoms with van der Waals surface area (Å²) in [5.41, 5.74) is 6.25. The first-order valence-corrected chi connectivity index (χ1v) is 9.52. The van der Waals surface area contributed by atoms with Crippen LogP contribution in [0, 0.1) is 12.8 Å². The van der Waals surface area contributed by atoms with Gasteiger partial charge in [-0.15, -0.1) is 0 Å². The summed E-state index contributed by atoms with van der Waals surface area (Å²) in [6.07, 6.45) is 2.09. The first kappa shape index (κ1) is 16.3. The van der Waals surface area contributed by atoms with E-state index in [4.69, 9.17) is 4.98 Å². The van der Waals surface area contributed by atoms with E-state index in [1.165, 1.54) is 11.3 Å². The molecule has 2 aromatic heterocycles. The standard InChI is InChI=1S/C21H23N5O/c1-13-2-4-17-16(10-13)20(25-24-17)21-22-18-5-3-15(11-19(18)23-21)26-8-6-14(12-27)7-9-26/h2-5,10-11,14,27H,6-9,12H2,1H3,(H,22,23)(H,24,25). The van der Waals surface area contributed by atoms with Crippen LogP contribution < -0.4 is 4.90 Å². The lowest BCUT2D eigenvalue weighted by Crippen LogP contribution is -2.34. The molecule has 1 aliphatic rings. The molecule has 0 radical (unpaired) electrons. The maximum absolute atomic E-state index is 9.33. The minimum atomic E-state index is 0.299. The van der Waals surface area contributed by atoms with Crippen LogP contribution in [0.15, 0.2) is 36.4 Å². The minimum Gasteiger partial charge on any atom is -0.396 e. The molecule has 27 heavy (non-hydrogen) atoms. The Balaban J connectivity index is 1.49. The van der Waals surface area contributed by atoms with Crippen molar-refractivity contribution in [1.29, 1.82) is 0 Å². The van der Waals surface area contributed by atoms with Gasteiger partial charge in [0.15, 0.2) is 5.82 Å². The molecule has 0 saturated carbocycles. The van der Waals surface area contributed by atoms with Gasteiger partial charge in [-0.2, -0.15) is 5.10 Å². The van der Waals surface area contributed by atoms with Crippen molar-refractivity contribution in [2.45, 2.75) is 19.8 Å². The largest absolute Gasteiger partial charge is 0.396 e. The zero-order valence-electron chi connectivity index (χ0n) is 15.4. The number of aryl methyl sites for hydroxylation is 1. The van der Waals surface area contributed by atoms with E-state index in [1.807, 2.05) is 0 Å². The normalized spacial score (nSPS) is 15.9. The van der Waals surface area contributed by atoms with Crippen molar-refractivity contribution in [2.75, 3.05) is 24.6 Å². The Hall–Kier alpha value is -2.86. The number of hydrogen-bond donors (Lipinski definition) is 3. The predicted molar refractivity (Wildman–Crippen MR) is 108 cm³/mol. The Labute approximate surface area is 157 Å². The van der Waals surface area contributed by atoms with Crippen LogP contribution in [0.4, 0.5) is 5.69 Å². The molecule has 1 fully saturated rings. The molecule has 0 bridgehead atoms. The summed E-state index contributed by atoms with van der Waals surface area (Å²) in [6, 6.07) is 12.7. The summed E-state index contributed by atoms with van der Waals surface area (Å²) in [4.78, 5) is 10.6. The molecular weight excluding hydrogens is 338 g/mol. The second kappa shape index (κ2) is 6.39. The number of rotatable bonds is 3. The molecule has 0 unspecified atom stereocenters. The van der Waals surface area contributed by atoms with Crippen LogP contribution >= 0.6 is 0 Å². The van der Waals surface area contributed by atoms with E-state index in [2.05, 4.69) is 63.4 Å². The number of nitrogens with zero attached hydrogens (tertiary/aromatic N) is 3. The van der Waals surface area contributed by atoms with Gasteiger partial charge in [0, 0.05) is 30.8 Å². The van der Waals surface area contributed by atoms with Crippen molar-refractivity contribution in [1.82, 2.24) is 20.2 Å². The number of piperidine rings is 1. The molecule has 3 N–H and O–H groups in total. The molecular formula is C21H23N5O. The van der Waals surface area contributed by atoms with E-state index in [1.54, 1.807) is 0 Å². The van der Waals surface area contributed by atoms with Crippen LogP contribution in [-0.2, 0) is 0 Å². The van der Waals surface area contributed by atoms with Gasteiger partial charge in [-0.05, 0) is 56.0 Å². The topological polar surface area (TPSA) is 80.8 Å². The van der Waals surface area contributed by atoms with E-state index in [9.17, 15) is 5.11 Å². The highest BCUT2D eigenvalue weighted by molar-refractivity contribution is 5.93. The number of benzene rings is 2. The SMILES string of the molecule is Cc1ccc2[nH]nc(-c3nc4ccc(N5CCC(CO)CC5)cc4[nH]3)c2c1. The number of anilines is 1. The number of imidazole rings is 1. The number of hydrogen-bond acceptors (Lipinski definition) is 4. The van der Waals surface area contributed by atoms with Gasteiger partial charge in [0.2, 0.25) is 0 Å². The Morgan fingerprint density at radius 3 is 2.78 bits per heavy atom. The number of aromatic amines is 2. The van der Waals surface area contributed by atoms with Crippen LogP contribution in [0.3, 0.4) is 0 Å². The minimum absolute atomic E-state index is 0.299. The molecule has 0 spiro atoms. The molecule has 5 rings (SSSR count). The second-order valence-corrected chi connectivity index (χ2v) is 7.52. The van der Waals surface area contributed by atoms with Gasteiger partial charge in [0.1, 0.15) is 5.69 Å². The number of aliphatic hydroxyl groups is 1. The van der Waals surface area contributed by atoms with Crippen molar-refractivity contribution >= 4 is 27.6 Å². The average molecular weight is 361 g/mol. The molecule has 4 aromatic rings. The number of H-pyrrole nitrogens is 2. The molecule has 6 nitrogen and oxygen atoms in total. The molecule has 138 valence electrons. The zero-order chi connectivity index (χ0) is 18.4. The van der Waals surface area contributed by atoms with Gasteiger partial charge in [0.25, 0.3) is 0 Å². The summed E-state index contributed by atoms with van der Waals surface area (Å²) in [7, 11) is 0. The van der Waals surface area contributed by atoms with E-state index >= 15 is 0 Å². The lowest BCUT2D eigenvalue weighted by molar-refractivity contribution is 0.203. The van der Waals surface area contributed by atoms with Gasteiger partial charge >= 0.3 is 0 Å². The number of aromatic nitrogens is 4. The molecule has 2 aromatic carbocycles.